The zero-order valence-corrected chi connectivity index (χ0v) is 10.8. The third-order valence-corrected chi connectivity index (χ3v) is 3.21. The second kappa shape index (κ2) is 4.98. The van der Waals surface area contributed by atoms with Gasteiger partial charge >= 0.3 is 0 Å². The van der Waals surface area contributed by atoms with E-state index in [9.17, 15) is 4.79 Å². The van der Waals surface area contributed by atoms with E-state index in [1.165, 1.54) is 0 Å². The van der Waals surface area contributed by atoms with Gasteiger partial charge in [-0.05, 0) is 47.9 Å². The Bertz CT molecular complexity index is 690. The lowest BCUT2D eigenvalue weighted by molar-refractivity contribution is 1.01. The van der Waals surface area contributed by atoms with E-state index < -0.39 is 5.56 Å². The maximum absolute atomic E-state index is 11.7. The van der Waals surface area contributed by atoms with E-state index in [0.717, 1.165) is 11.1 Å². The summed E-state index contributed by atoms with van der Waals surface area (Å²) in [7, 11) is 0. The van der Waals surface area contributed by atoms with E-state index in [2.05, 4.69) is 9.97 Å². The third-order valence-electron chi connectivity index (χ3n) is 2.51. The Morgan fingerprint density at radius 3 is 2.94 bits per heavy atom. The number of aromatic nitrogens is 2. The van der Waals surface area contributed by atoms with Crippen LogP contribution >= 0.6 is 11.3 Å². The molecule has 1 N–H and O–H groups in total. The van der Waals surface area contributed by atoms with Crippen molar-refractivity contribution in [3.63, 3.8) is 0 Å². The maximum Gasteiger partial charge on any atom is 0.269 e. The molecule has 0 aliphatic heterocycles. The van der Waals surface area contributed by atoms with Crippen LogP contribution < -0.4 is 5.56 Å². The molecule has 0 aliphatic carbocycles. The number of hydrogen-bond acceptors (Lipinski definition) is 4. The summed E-state index contributed by atoms with van der Waals surface area (Å²) < 4.78 is 0. The highest BCUT2D eigenvalue weighted by Gasteiger charge is 2.08. The largest absolute Gasteiger partial charge is 0.306 e. The van der Waals surface area contributed by atoms with Crippen molar-refractivity contribution in [2.45, 2.75) is 13.8 Å². The SMILES string of the molecule is CC(=Cc1ccsc1)c1nc(C)c(C#N)c(=O)[nH]1. The predicted octanol–water partition coefficient (Wildman–Crippen LogP) is 2.57. The topological polar surface area (TPSA) is 69.5 Å². The number of hydrogen-bond donors (Lipinski definition) is 1. The van der Waals surface area contributed by atoms with Crippen molar-refractivity contribution >= 4 is 23.0 Å². The fraction of sp³-hybridized carbons (Fsp3) is 0.154. The minimum absolute atomic E-state index is 0.0714. The second-order valence-electron chi connectivity index (χ2n) is 3.87. The molecule has 0 radical (unpaired) electrons. The highest BCUT2D eigenvalue weighted by atomic mass is 32.1. The van der Waals surface area contributed by atoms with Crippen LogP contribution in [0.2, 0.25) is 0 Å². The second-order valence-corrected chi connectivity index (χ2v) is 4.65. The van der Waals surface area contributed by atoms with Gasteiger partial charge in [-0.2, -0.15) is 16.6 Å². The lowest BCUT2D eigenvalue weighted by Gasteiger charge is -2.03. The van der Waals surface area contributed by atoms with Gasteiger partial charge in [-0.3, -0.25) is 4.79 Å². The molecular formula is C13H11N3OS. The Morgan fingerprint density at radius 1 is 1.61 bits per heavy atom. The minimum Gasteiger partial charge on any atom is -0.306 e. The smallest absolute Gasteiger partial charge is 0.269 e. The first-order valence-electron chi connectivity index (χ1n) is 5.33. The van der Waals surface area contributed by atoms with Gasteiger partial charge in [0.05, 0.1) is 5.69 Å². The molecule has 5 heteroatoms. The molecule has 0 amide bonds. The molecule has 0 aliphatic rings. The molecule has 2 rings (SSSR count). The van der Waals surface area contributed by atoms with Crippen molar-refractivity contribution in [3.05, 3.63) is 49.8 Å². The number of H-pyrrole nitrogens is 1. The quantitative estimate of drug-likeness (QED) is 0.898. The molecule has 90 valence electrons. The molecule has 4 nitrogen and oxygen atoms in total. The van der Waals surface area contributed by atoms with E-state index in [-0.39, 0.29) is 5.56 Å². The number of aryl methyl sites for hydroxylation is 1. The lowest BCUT2D eigenvalue weighted by Crippen LogP contribution is -2.16. The molecular weight excluding hydrogens is 246 g/mol. The van der Waals surface area contributed by atoms with Gasteiger partial charge in [-0.25, -0.2) is 4.98 Å². The molecule has 0 unspecified atom stereocenters. The number of allylic oxidation sites excluding steroid dienone is 1. The van der Waals surface area contributed by atoms with Gasteiger partial charge in [0.2, 0.25) is 0 Å². The van der Waals surface area contributed by atoms with Crippen LogP contribution in [0.25, 0.3) is 11.6 Å². The average molecular weight is 257 g/mol. The number of nitrogens with zero attached hydrogens (tertiary/aromatic N) is 2. The van der Waals surface area contributed by atoms with E-state index in [0.29, 0.717) is 11.5 Å². The molecule has 0 aromatic carbocycles. The van der Waals surface area contributed by atoms with Crippen LogP contribution in [0.4, 0.5) is 0 Å². The zero-order valence-electron chi connectivity index (χ0n) is 10.0. The molecule has 0 atom stereocenters. The van der Waals surface area contributed by atoms with Crippen LogP contribution in [0.3, 0.4) is 0 Å². The van der Waals surface area contributed by atoms with Crippen molar-refractivity contribution < 1.29 is 0 Å². The van der Waals surface area contributed by atoms with E-state index in [1.54, 1.807) is 18.3 Å². The monoisotopic (exact) mass is 257 g/mol. The van der Waals surface area contributed by atoms with Crippen molar-refractivity contribution in [2.24, 2.45) is 0 Å². The van der Waals surface area contributed by atoms with Crippen molar-refractivity contribution in [1.82, 2.24) is 9.97 Å². The van der Waals surface area contributed by atoms with E-state index in [1.807, 2.05) is 35.9 Å². The Balaban J connectivity index is 2.48. The fourth-order valence-electron chi connectivity index (χ4n) is 1.58. The first-order valence-corrected chi connectivity index (χ1v) is 6.28. The summed E-state index contributed by atoms with van der Waals surface area (Å²) in [5, 5.41) is 12.8. The van der Waals surface area contributed by atoms with Crippen molar-refractivity contribution in [1.29, 1.82) is 5.26 Å². The minimum atomic E-state index is -0.391. The third kappa shape index (κ3) is 2.39. The molecule has 2 heterocycles. The first-order chi connectivity index (χ1) is 8.61. The first kappa shape index (κ1) is 12.3. The van der Waals surface area contributed by atoms with Gasteiger partial charge in [-0.15, -0.1) is 0 Å². The summed E-state index contributed by atoms with van der Waals surface area (Å²) in [5.41, 5.74) is 2.06. The highest BCUT2D eigenvalue weighted by molar-refractivity contribution is 7.08. The Hall–Kier alpha value is -2.19. The van der Waals surface area contributed by atoms with Crippen LogP contribution in [0.5, 0.6) is 0 Å². The molecule has 2 aromatic heterocycles. The molecule has 18 heavy (non-hydrogen) atoms. The van der Waals surface area contributed by atoms with Crippen LogP contribution in [0, 0.1) is 18.3 Å². The Labute approximate surface area is 108 Å². The van der Waals surface area contributed by atoms with E-state index >= 15 is 0 Å². The number of nitrogens with one attached hydrogen (secondary N) is 1. The summed E-state index contributed by atoms with van der Waals surface area (Å²) >= 11 is 1.61. The number of thiophene rings is 1. The summed E-state index contributed by atoms with van der Waals surface area (Å²) in [5.74, 6) is 0.503. The van der Waals surface area contributed by atoms with Gasteiger partial charge in [0, 0.05) is 0 Å². The molecule has 0 fully saturated rings. The molecule has 0 bridgehead atoms. The van der Waals surface area contributed by atoms with Crippen LogP contribution in [-0.4, -0.2) is 9.97 Å². The zero-order chi connectivity index (χ0) is 13.1. The van der Waals surface area contributed by atoms with Gasteiger partial charge in [-0.1, -0.05) is 0 Å². The van der Waals surface area contributed by atoms with Crippen molar-refractivity contribution in [3.8, 4) is 6.07 Å². The van der Waals surface area contributed by atoms with Crippen LogP contribution in [-0.2, 0) is 0 Å². The summed E-state index contributed by atoms with van der Waals surface area (Å²) in [6.07, 6.45) is 1.94. The van der Waals surface area contributed by atoms with Gasteiger partial charge in [0.15, 0.2) is 0 Å². The van der Waals surface area contributed by atoms with Gasteiger partial charge < -0.3 is 4.98 Å². The summed E-state index contributed by atoms with van der Waals surface area (Å²) in [4.78, 5) is 18.5. The Morgan fingerprint density at radius 2 is 2.39 bits per heavy atom. The standard InChI is InChI=1S/C13H11N3OS/c1-8(5-10-3-4-18-7-10)12-15-9(2)11(6-14)13(17)16-12/h3-5,7H,1-2H3,(H,15,16,17). The van der Waals surface area contributed by atoms with Gasteiger partial charge in [0.25, 0.3) is 5.56 Å². The molecule has 0 spiro atoms. The molecule has 0 saturated carbocycles. The average Bonchev–Trinajstić information content (AvgIpc) is 2.81. The highest BCUT2D eigenvalue weighted by Crippen LogP contribution is 2.16. The molecule has 2 aromatic rings. The number of aromatic amines is 1. The lowest BCUT2D eigenvalue weighted by atomic mass is 10.2. The van der Waals surface area contributed by atoms with E-state index in [4.69, 9.17) is 5.26 Å². The summed E-state index contributed by atoms with van der Waals surface area (Å²) in [6.45, 7) is 3.54. The fourth-order valence-corrected chi connectivity index (χ4v) is 2.20. The normalized spacial score (nSPS) is 11.3. The maximum atomic E-state index is 11.7. The predicted molar refractivity (Wildman–Crippen MR) is 72.2 cm³/mol. The molecule has 0 saturated heterocycles. The summed E-state index contributed by atoms with van der Waals surface area (Å²) in [6, 6.07) is 3.84. The van der Waals surface area contributed by atoms with Crippen LogP contribution in [0.15, 0.2) is 21.6 Å². The number of rotatable bonds is 2. The number of nitriles is 1. The van der Waals surface area contributed by atoms with Crippen molar-refractivity contribution in [2.75, 3.05) is 0 Å². The van der Waals surface area contributed by atoms with Gasteiger partial charge in [0.1, 0.15) is 17.5 Å². The Kier molecular flexibility index (Phi) is 3.40. The van der Waals surface area contributed by atoms with Crippen LogP contribution in [0.1, 0.15) is 29.6 Å².